The van der Waals surface area contributed by atoms with E-state index in [0.717, 1.165) is 22.1 Å². The van der Waals surface area contributed by atoms with E-state index < -0.39 is 0 Å². The number of nitrogens with one attached hydrogen (secondary N) is 1. The molecule has 3 nitrogen and oxygen atoms in total. The first-order chi connectivity index (χ1) is 9.16. The highest BCUT2D eigenvalue weighted by atomic mass is 32.2. The van der Waals surface area contributed by atoms with Crippen molar-refractivity contribution in [2.45, 2.75) is 31.6 Å². The molecule has 100 valence electrons. The van der Waals surface area contributed by atoms with Gasteiger partial charge in [0.15, 0.2) is 0 Å². The fourth-order valence-electron chi connectivity index (χ4n) is 1.76. The van der Waals surface area contributed by atoms with Crippen molar-refractivity contribution in [2.75, 3.05) is 0 Å². The van der Waals surface area contributed by atoms with Gasteiger partial charge >= 0.3 is 0 Å². The predicted octanol–water partition coefficient (Wildman–Crippen LogP) is 3.79. The molecular formula is C15H18N2OS. The summed E-state index contributed by atoms with van der Waals surface area (Å²) in [7, 11) is 0. The van der Waals surface area contributed by atoms with Crippen LogP contribution in [-0.2, 0) is 4.79 Å². The standard InChI is InChI=1S/C15H18N2OS/c1-11(2)6-7-15(18)17-19-14-5-3-4-12-8-9-16-10-13(12)14/h3-5,8-11H,6-7H2,1-2H3,(H,17,18). The lowest BCUT2D eigenvalue weighted by Crippen LogP contribution is -2.15. The molecule has 19 heavy (non-hydrogen) atoms. The number of benzene rings is 1. The number of amides is 1. The molecule has 0 spiro atoms. The molecule has 0 aliphatic carbocycles. The molecule has 1 aromatic heterocycles. The molecule has 0 atom stereocenters. The van der Waals surface area contributed by atoms with Crippen LogP contribution < -0.4 is 4.72 Å². The Hall–Kier alpha value is -1.55. The number of fused-ring (bicyclic) bond motifs is 1. The number of hydrogen-bond acceptors (Lipinski definition) is 3. The maximum atomic E-state index is 11.7. The maximum Gasteiger partial charge on any atom is 0.230 e. The van der Waals surface area contributed by atoms with E-state index in [2.05, 4.69) is 23.6 Å². The topological polar surface area (TPSA) is 42.0 Å². The summed E-state index contributed by atoms with van der Waals surface area (Å²) in [5, 5.41) is 2.20. The number of nitrogens with zero attached hydrogens (tertiary/aromatic N) is 1. The molecule has 2 rings (SSSR count). The van der Waals surface area contributed by atoms with Gasteiger partial charge in [-0.3, -0.25) is 14.5 Å². The molecule has 1 amide bonds. The predicted molar refractivity (Wildman–Crippen MR) is 79.8 cm³/mol. The van der Waals surface area contributed by atoms with Crippen LogP contribution in [0.5, 0.6) is 0 Å². The van der Waals surface area contributed by atoms with Crippen LogP contribution in [0.15, 0.2) is 41.6 Å². The summed E-state index contributed by atoms with van der Waals surface area (Å²) in [5.41, 5.74) is 0. The van der Waals surface area contributed by atoms with Gasteiger partial charge in [-0.1, -0.05) is 26.0 Å². The lowest BCUT2D eigenvalue weighted by Gasteiger charge is -2.08. The smallest absolute Gasteiger partial charge is 0.230 e. The third-order valence-corrected chi connectivity index (χ3v) is 3.77. The first kappa shape index (κ1) is 13.9. The van der Waals surface area contributed by atoms with Crippen molar-refractivity contribution in [1.29, 1.82) is 0 Å². The van der Waals surface area contributed by atoms with Gasteiger partial charge in [0.25, 0.3) is 0 Å². The molecule has 2 aromatic rings. The zero-order valence-electron chi connectivity index (χ0n) is 11.2. The molecule has 0 aliphatic heterocycles. The second-order valence-electron chi connectivity index (χ2n) is 4.91. The number of aromatic nitrogens is 1. The van der Waals surface area contributed by atoms with Gasteiger partial charge in [-0.2, -0.15) is 0 Å². The minimum absolute atomic E-state index is 0.0830. The van der Waals surface area contributed by atoms with Crippen LogP contribution in [-0.4, -0.2) is 10.9 Å². The number of pyridine rings is 1. The summed E-state index contributed by atoms with van der Waals surface area (Å²) >= 11 is 1.37. The van der Waals surface area contributed by atoms with E-state index in [4.69, 9.17) is 0 Å². The molecule has 0 bridgehead atoms. The Morgan fingerprint density at radius 3 is 3.00 bits per heavy atom. The lowest BCUT2D eigenvalue weighted by molar-refractivity contribution is -0.119. The largest absolute Gasteiger partial charge is 0.296 e. The first-order valence-corrected chi connectivity index (χ1v) is 7.27. The quantitative estimate of drug-likeness (QED) is 0.843. The number of rotatable bonds is 5. The number of carbonyl (C=O) groups is 1. The third-order valence-electron chi connectivity index (χ3n) is 2.87. The molecule has 1 aromatic carbocycles. The Bertz CT molecular complexity index is 564. The summed E-state index contributed by atoms with van der Waals surface area (Å²) < 4.78 is 2.90. The fraction of sp³-hybridized carbons (Fsp3) is 0.333. The van der Waals surface area contributed by atoms with Crippen LogP contribution in [0, 0.1) is 5.92 Å². The molecular weight excluding hydrogens is 256 g/mol. The second-order valence-corrected chi connectivity index (χ2v) is 5.76. The van der Waals surface area contributed by atoms with Crippen molar-refractivity contribution in [1.82, 2.24) is 9.71 Å². The molecule has 4 heteroatoms. The molecule has 0 saturated heterocycles. The van der Waals surface area contributed by atoms with Gasteiger partial charge in [0.1, 0.15) is 0 Å². The van der Waals surface area contributed by atoms with Crippen molar-refractivity contribution < 1.29 is 4.79 Å². The summed E-state index contributed by atoms with van der Waals surface area (Å²) in [5.74, 6) is 0.636. The van der Waals surface area contributed by atoms with E-state index in [-0.39, 0.29) is 5.91 Å². The summed E-state index contributed by atoms with van der Waals surface area (Å²) in [6.45, 7) is 4.24. The lowest BCUT2D eigenvalue weighted by atomic mass is 10.1. The van der Waals surface area contributed by atoms with Crippen molar-refractivity contribution in [3.05, 3.63) is 36.7 Å². The van der Waals surface area contributed by atoms with Crippen molar-refractivity contribution in [3.8, 4) is 0 Å². The van der Waals surface area contributed by atoms with Crippen molar-refractivity contribution >= 4 is 28.6 Å². The zero-order valence-corrected chi connectivity index (χ0v) is 12.0. The van der Waals surface area contributed by atoms with Crippen LogP contribution in [0.25, 0.3) is 10.8 Å². The minimum atomic E-state index is 0.0830. The summed E-state index contributed by atoms with van der Waals surface area (Å²) in [6, 6.07) is 8.00. The molecule has 0 saturated carbocycles. The summed E-state index contributed by atoms with van der Waals surface area (Å²) in [4.78, 5) is 16.9. The van der Waals surface area contributed by atoms with E-state index in [1.54, 1.807) is 6.20 Å². The fourth-order valence-corrected chi connectivity index (χ4v) is 2.51. The van der Waals surface area contributed by atoms with E-state index in [1.165, 1.54) is 11.9 Å². The Labute approximate surface area is 117 Å². The summed E-state index contributed by atoms with van der Waals surface area (Å²) in [6.07, 6.45) is 5.10. The molecule has 0 aliphatic rings. The van der Waals surface area contributed by atoms with Gasteiger partial charge < -0.3 is 0 Å². The van der Waals surface area contributed by atoms with Crippen LogP contribution >= 0.6 is 11.9 Å². The maximum absolute atomic E-state index is 11.7. The van der Waals surface area contributed by atoms with Crippen molar-refractivity contribution in [3.63, 3.8) is 0 Å². The highest BCUT2D eigenvalue weighted by Gasteiger charge is 2.06. The highest BCUT2D eigenvalue weighted by Crippen LogP contribution is 2.25. The zero-order chi connectivity index (χ0) is 13.7. The van der Waals surface area contributed by atoms with Crippen molar-refractivity contribution in [2.24, 2.45) is 5.92 Å². The minimum Gasteiger partial charge on any atom is -0.296 e. The van der Waals surface area contributed by atoms with E-state index in [0.29, 0.717) is 12.3 Å². The molecule has 0 fully saturated rings. The highest BCUT2D eigenvalue weighted by molar-refractivity contribution is 7.98. The second kappa shape index (κ2) is 6.57. The van der Waals surface area contributed by atoms with Gasteiger partial charge in [0, 0.05) is 29.1 Å². The molecule has 0 unspecified atom stereocenters. The average Bonchev–Trinajstić information content (AvgIpc) is 2.42. The van der Waals surface area contributed by atoms with E-state index in [1.807, 2.05) is 30.5 Å². The van der Waals surface area contributed by atoms with Gasteiger partial charge in [-0.15, -0.1) is 0 Å². The van der Waals surface area contributed by atoms with Gasteiger partial charge in [-0.05, 0) is 41.8 Å². The van der Waals surface area contributed by atoms with E-state index in [9.17, 15) is 4.79 Å². The van der Waals surface area contributed by atoms with Crippen LogP contribution in [0.2, 0.25) is 0 Å². The van der Waals surface area contributed by atoms with Gasteiger partial charge in [0.2, 0.25) is 5.91 Å². The average molecular weight is 274 g/mol. The SMILES string of the molecule is CC(C)CCC(=O)NSc1cccc2ccncc12. The molecule has 0 radical (unpaired) electrons. The van der Waals surface area contributed by atoms with Gasteiger partial charge in [-0.25, -0.2) is 0 Å². The van der Waals surface area contributed by atoms with Crippen LogP contribution in [0.4, 0.5) is 0 Å². The van der Waals surface area contributed by atoms with E-state index >= 15 is 0 Å². The Kier molecular flexibility index (Phi) is 4.80. The van der Waals surface area contributed by atoms with Crippen LogP contribution in [0.3, 0.4) is 0 Å². The Morgan fingerprint density at radius 1 is 1.37 bits per heavy atom. The first-order valence-electron chi connectivity index (χ1n) is 6.45. The van der Waals surface area contributed by atoms with Gasteiger partial charge in [0.05, 0.1) is 0 Å². The normalized spacial score (nSPS) is 10.9. The monoisotopic (exact) mass is 274 g/mol. The third kappa shape index (κ3) is 3.96. The van der Waals surface area contributed by atoms with Crippen LogP contribution in [0.1, 0.15) is 26.7 Å². The Balaban J connectivity index is 2.00. The number of carbonyl (C=O) groups excluding carboxylic acids is 1. The number of hydrogen-bond donors (Lipinski definition) is 1. The Morgan fingerprint density at radius 2 is 2.21 bits per heavy atom. The molecule has 1 N–H and O–H groups in total. The molecule has 1 heterocycles.